The van der Waals surface area contributed by atoms with E-state index in [1.165, 1.54) is 6.07 Å². The van der Waals surface area contributed by atoms with Gasteiger partial charge in [-0.05, 0) is 23.8 Å². The minimum absolute atomic E-state index is 0.0199. The van der Waals surface area contributed by atoms with Crippen molar-refractivity contribution in [3.63, 3.8) is 0 Å². The molecule has 17 heavy (non-hydrogen) atoms. The monoisotopic (exact) mass is 232 g/mol. The summed E-state index contributed by atoms with van der Waals surface area (Å²) in [6, 6.07) is 9.98. The fourth-order valence-electron chi connectivity index (χ4n) is 1.66. The maximum absolute atomic E-state index is 13.3. The van der Waals surface area contributed by atoms with Crippen molar-refractivity contribution in [2.45, 2.75) is 19.3 Å². The second-order valence-electron chi connectivity index (χ2n) is 3.89. The van der Waals surface area contributed by atoms with Crippen molar-refractivity contribution in [1.29, 1.82) is 0 Å². The van der Waals surface area contributed by atoms with Gasteiger partial charge >= 0.3 is 0 Å². The molecule has 0 fully saturated rings. The highest BCUT2D eigenvalue weighted by Gasteiger charge is 2.08. The van der Waals surface area contributed by atoms with Gasteiger partial charge in [-0.25, -0.2) is 4.39 Å². The fourth-order valence-corrected chi connectivity index (χ4v) is 1.66. The molecular weight excluding hydrogens is 219 g/mol. The molecule has 0 saturated heterocycles. The zero-order chi connectivity index (χ0) is 12.1. The number of halogens is 1. The largest absolute Gasteiger partial charge is 0.469 e. The number of ketones is 1. The minimum atomic E-state index is -0.321. The van der Waals surface area contributed by atoms with Crippen LogP contribution in [0.25, 0.3) is 0 Å². The van der Waals surface area contributed by atoms with Gasteiger partial charge in [0.2, 0.25) is 0 Å². The van der Waals surface area contributed by atoms with Crippen LogP contribution >= 0.6 is 0 Å². The Bertz CT molecular complexity index is 489. The van der Waals surface area contributed by atoms with Gasteiger partial charge in [-0.3, -0.25) is 4.79 Å². The van der Waals surface area contributed by atoms with Crippen LogP contribution in [0.4, 0.5) is 4.39 Å². The number of hydrogen-bond acceptors (Lipinski definition) is 2. The quantitative estimate of drug-likeness (QED) is 0.792. The molecule has 0 aliphatic heterocycles. The molecule has 2 aromatic rings. The lowest BCUT2D eigenvalue weighted by Crippen LogP contribution is -2.05. The van der Waals surface area contributed by atoms with Gasteiger partial charge in [-0.2, -0.15) is 0 Å². The summed E-state index contributed by atoms with van der Waals surface area (Å²) in [6.07, 6.45) is 2.67. The van der Waals surface area contributed by atoms with E-state index in [2.05, 4.69) is 0 Å². The Morgan fingerprint density at radius 3 is 2.71 bits per heavy atom. The SMILES string of the molecule is O=C(CCc1ccco1)Cc1ccccc1F. The standard InChI is InChI=1S/C14H13FO2/c15-14-6-2-1-4-11(14)10-12(16)7-8-13-5-3-9-17-13/h1-6,9H,7-8,10H2. The zero-order valence-electron chi connectivity index (χ0n) is 9.36. The van der Waals surface area contributed by atoms with E-state index in [0.29, 0.717) is 18.4 Å². The Morgan fingerprint density at radius 1 is 1.18 bits per heavy atom. The predicted octanol–water partition coefficient (Wildman–Crippen LogP) is 3.16. The van der Waals surface area contributed by atoms with E-state index in [9.17, 15) is 9.18 Å². The Balaban J connectivity index is 1.87. The van der Waals surface area contributed by atoms with Gasteiger partial charge < -0.3 is 4.42 Å². The minimum Gasteiger partial charge on any atom is -0.469 e. The normalized spacial score (nSPS) is 10.4. The summed E-state index contributed by atoms with van der Waals surface area (Å²) in [5.74, 6) is 0.484. The van der Waals surface area contributed by atoms with Crippen molar-refractivity contribution < 1.29 is 13.6 Å². The van der Waals surface area contributed by atoms with Crippen molar-refractivity contribution in [2.75, 3.05) is 0 Å². The zero-order valence-corrected chi connectivity index (χ0v) is 9.36. The van der Waals surface area contributed by atoms with E-state index in [-0.39, 0.29) is 18.0 Å². The summed E-state index contributed by atoms with van der Waals surface area (Å²) in [4.78, 5) is 11.7. The van der Waals surface area contributed by atoms with E-state index in [1.54, 1.807) is 30.5 Å². The molecule has 1 aromatic carbocycles. The van der Waals surface area contributed by atoms with Crippen molar-refractivity contribution >= 4 is 5.78 Å². The highest BCUT2D eigenvalue weighted by molar-refractivity contribution is 5.81. The highest BCUT2D eigenvalue weighted by Crippen LogP contribution is 2.10. The summed E-state index contributed by atoms with van der Waals surface area (Å²) >= 11 is 0. The Labute approximate surface area is 99.1 Å². The van der Waals surface area contributed by atoms with Crippen LogP contribution in [0.5, 0.6) is 0 Å². The maximum atomic E-state index is 13.3. The van der Waals surface area contributed by atoms with Crippen LogP contribution in [0.3, 0.4) is 0 Å². The molecule has 0 radical (unpaired) electrons. The second-order valence-corrected chi connectivity index (χ2v) is 3.89. The Hall–Kier alpha value is -1.90. The van der Waals surface area contributed by atoms with Crippen LogP contribution in [-0.2, 0) is 17.6 Å². The van der Waals surface area contributed by atoms with Crippen LogP contribution in [0.2, 0.25) is 0 Å². The number of Topliss-reactive ketones (excluding diaryl/α,β-unsaturated/α-hetero) is 1. The van der Waals surface area contributed by atoms with E-state index in [4.69, 9.17) is 4.42 Å². The lowest BCUT2D eigenvalue weighted by molar-refractivity contribution is -0.118. The van der Waals surface area contributed by atoms with Crippen LogP contribution in [0, 0.1) is 5.82 Å². The summed E-state index contributed by atoms with van der Waals surface area (Å²) in [6.45, 7) is 0. The van der Waals surface area contributed by atoms with E-state index in [1.807, 2.05) is 6.07 Å². The molecule has 0 unspecified atom stereocenters. The molecule has 0 atom stereocenters. The number of rotatable bonds is 5. The van der Waals surface area contributed by atoms with Gasteiger partial charge in [0, 0.05) is 19.3 Å². The topological polar surface area (TPSA) is 30.2 Å². The van der Waals surface area contributed by atoms with E-state index < -0.39 is 0 Å². The third-order valence-electron chi connectivity index (χ3n) is 2.58. The number of carbonyl (C=O) groups excluding carboxylic acids is 1. The van der Waals surface area contributed by atoms with E-state index >= 15 is 0 Å². The molecule has 2 rings (SSSR count). The average molecular weight is 232 g/mol. The first-order chi connectivity index (χ1) is 8.25. The second kappa shape index (κ2) is 5.43. The smallest absolute Gasteiger partial charge is 0.137 e. The molecular formula is C14H13FO2. The number of furan rings is 1. The number of hydrogen-bond donors (Lipinski definition) is 0. The van der Waals surface area contributed by atoms with Crippen LogP contribution in [0.1, 0.15) is 17.7 Å². The number of aryl methyl sites for hydroxylation is 1. The predicted molar refractivity (Wildman–Crippen MR) is 62.1 cm³/mol. The summed E-state index contributed by atoms with van der Waals surface area (Å²) in [5, 5.41) is 0. The van der Waals surface area contributed by atoms with Crippen molar-refractivity contribution in [1.82, 2.24) is 0 Å². The maximum Gasteiger partial charge on any atom is 0.137 e. The van der Waals surface area contributed by atoms with Crippen LogP contribution in [0.15, 0.2) is 47.1 Å². The first-order valence-corrected chi connectivity index (χ1v) is 5.53. The summed E-state index contributed by atoms with van der Waals surface area (Å²) < 4.78 is 18.4. The van der Waals surface area contributed by atoms with Crippen molar-refractivity contribution in [3.05, 3.63) is 59.8 Å². The first kappa shape index (κ1) is 11.6. The lowest BCUT2D eigenvalue weighted by atomic mass is 10.0. The van der Waals surface area contributed by atoms with Crippen molar-refractivity contribution in [2.24, 2.45) is 0 Å². The average Bonchev–Trinajstić information content (AvgIpc) is 2.82. The first-order valence-electron chi connectivity index (χ1n) is 5.53. The molecule has 0 amide bonds. The highest BCUT2D eigenvalue weighted by atomic mass is 19.1. The van der Waals surface area contributed by atoms with Gasteiger partial charge in [0.1, 0.15) is 17.4 Å². The van der Waals surface area contributed by atoms with Gasteiger partial charge in [-0.15, -0.1) is 0 Å². The molecule has 2 nitrogen and oxygen atoms in total. The Kier molecular flexibility index (Phi) is 3.70. The molecule has 0 N–H and O–H groups in total. The molecule has 0 bridgehead atoms. The molecule has 3 heteroatoms. The van der Waals surface area contributed by atoms with Crippen LogP contribution < -0.4 is 0 Å². The number of benzene rings is 1. The molecule has 88 valence electrons. The summed E-state index contributed by atoms with van der Waals surface area (Å²) in [7, 11) is 0. The fraction of sp³-hybridized carbons (Fsp3) is 0.214. The van der Waals surface area contributed by atoms with Gasteiger partial charge in [0.05, 0.1) is 6.26 Å². The van der Waals surface area contributed by atoms with Crippen LogP contribution in [-0.4, -0.2) is 5.78 Å². The number of carbonyl (C=O) groups is 1. The van der Waals surface area contributed by atoms with E-state index in [0.717, 1.165) is 5.76 Å². The molecule has 1 aromatic heterocycles. The Morgan fingerprint density at radius 2 is 2.00 bits per heavy atom. The van der Waals surface area contributed by atoms with Crippen molar-refractivity contribution in [3.8, 4) is 0 Å². The van der Waals surface area contributed by atoms with Gasteiger partial charge in [0.15, 0.2) is 0 Å². The van der Waals surface area contributed by atoms with Gasteiger partial charge in [0.25, 0.3) is 0 Å². The third-order valence-corrected chi connectivity index (χ3v) is 2.58. The lowest BCUT2D eigenvalue weighted by Gasteiger charge is -2.01. The molecule has 0 spiro atoms. The molecule has 0 aliphatic rings. The molecule has 0 saturated carbocycles. The summed E-state index contributed by atoms with van der Waals surface area (Å²) in [5.41, 5.74) is 0.456. The molecule has 0 aliphatic carbocycles. The third kappa shape index (κ3) is 3.28. The molecule has 1 heterocycles. The van der Waals surface area contributed by atoms with Gasteiger partial charge in [-0.1, -0.05) is 18.2 Å².